The van der Waals surface area contributed by atoms with Gasteiger partial charge in [-0.15, -0.1) is 0 Å². The minimum atomic E-state index is -0.769. The zero-order valence-corrected chi connectivity index (χ0v) is 16.8. The maximum absolute atomic E-state index is 13.3. The molecule has 1 saturated heterocycles. The molecule has 4 rings (SSSR count). The number of hydrogen-bond acceptors (Lipinski definition) is 4. The van der Waals surface area contributed by atoms with E-state index < -0.39 is 5.60 Å². The van der Waals surface area contributed by atoms with Crippen LogP contribution in [0.4, 0.5) is 5.69 Å². The van der Waals surface area contributed by atoms with E-state index in [4.69, 9.17) is 4.74 Å². The summed E-state index contributed by atoms with van der Waals surface area (Å²) < 4.78 is 5.70. The molecule has 0 bridgehead atoms. The molecule has 4 nitrogen and oxygen atoms in total. The van der Waals surface area contributed by atoms with Gasteiger partial charge in [0.15, 0.2) is 0 Å². The van der Waals surface area contributed by atoms with Crippen molar-refractivity contribution in [3.8, 4) is 5.75 Å². The molecule has 0 atom stereocenters. The first-order valence-electron chi connectivity index (χ1n) is 9.76. The van der Waals surface area contributed by atoms with Gasteiger partial charge in [-0.3, -0.25) is 4.79 Å². The maximum Gasteiger partial charge on any atom is 0.233 e. The minimum Gasteiger partial charge on any atom is -0.491 e. The van der Waals surface area contributed by atoms with Gasteiger partial charge in [-0.05, 0) is 92.6 Å². The Kier molecular flexibility index (Phi) is 4.77. The van der Waals surface area contributed by atoms with Crippen LogP contribution in [-0.2, 0) is 10.4 Å². The van der Waals surface area contributed by atoms with Crippen LogP contribution in [0.5, 0.6) is 5.75 Å². The van der Waals surface area contributed by atoms with Crippen LogP contribution in [0.1, 0.15) is 51.5 Å². The normalized spacial score (nSPS) is 28.3. The maximum atomic E-state index is 13.3. The van der Waals surface area contributed by atoms with E-state index >= 15 is 0 Å². The first-order valence-corrected chi connectivity index (χ1v) is 10.7. The highest BCUT2D eigenvalue weighted by Crippen LogP contribution is 2.51. The highest BCUT2D eigenvalue weighted by atomic mass is 32.1. The third kappa shape index (κ3) is 3.39. The Morgan fingerprint density at radius 3 is 2.37 bits per heavy atom. The van der Waals surface area contributed by atoms with E-state index in [1.54, 1.807) is 11.3 Å². The van der Waals surface area contributed by atoms with Crippen molar-refractivity contribution in [2.75, 3.05) is 11.4 Å². The van der Waals surface area contributed by atoms with Crippen molar-refractivity contribution in [3.63, 3.8) is 0 Å². The molecule has 2 heterocycles. The number of rotatable bonds is 4. The summed E-state index contributed by atoms with van der Waals surface area (Å²) in [6.07, 6.45) is 3.83. The second kappa shape index (κ2) is 6.95. The Hall–Kier alpha value is -1.85. The van der Waals surface area contributed by atoms with Crippen molar-refractivity contribution < 1.29 is 14.6 Å². The van der Waals surface area contributed by atoms with Gasteiger partial charge in [-0.25, -0.2) is 0 Å². The van der Waals surface area contributed by atoms with Gasteiger partial charge in [0, 0.05) is 12.2 Å². The lowest BCUT2D eigenvalue weighted by molar-refractivity contribution is -0.131. The van der Waals surface area contributed by atoms with Crippen LogP contribution >= 0.6 is 11.3 Å². The summed E-state index contributed by atoms with van der Waals surface area (Å²) in [6, 6.07) is 9.82. The Bertz CT molecular complexity index is 789. The molecule has 1 N–H and O–H groups in total. The molecule has 144 valence electrons. The summed E-state index contributed by atoms with van der Waals surface area (Å²) >= 11 is 1.61. The van der Waals surface area contributed by atoms with E-state index in [0.29, 0.717) is 12.8 Å². The van der Waals surface area contributed by atoms with Crippen LogP contribution < -0.4 is 9.64 Å². The minimum absolute atomic E-state index is 0.136. The van der Waals surface area contributed by atoms with Crippen molar-refractivity contribution in [1.82, 2.24) is 0 Å². The van der Waals surface area contributed by atoms with Crippen molar-refractivity contribution in [2.24, 2.45) is 5.41 Å². The van der Waals surface area contributed by atoms with E-state index in [1.807, 2.05) is 59.8 Å². The third-order valence-electron chi connectivity index (χ3n) is 6.13. The predicted octanol–water partition coefficient (Wildman–Crippen LogP) is 4.72. The lowest BCUT2D eigenvalue weighted by Gasteiger charge is -2.40. The zero-order chi connectivity index (χ0) is 19.1. The van der Waals surface area contributed by atoms with Crippen molar-refractivity contribution in [3.05, 3.63) is 46.7 Å². The molecule has 5 heteroatoms. The SMILES string of the molecule is CC(C)Oc1ccc(N2CC[C@]3(CC[C@@](O)(c4ccsc4)CC3)C2=O)cc1. The van der Waals surface area contributed by atoms with E-state index in [-0.39, 0.29) is 17.4 Å². The molecule has 0 unspecified atom stereocenters. The predicted molar refractivity (Wildman–Crippen MR) is 108 cm³/mol. The molecule has 1 aromatic heterocycles. The summed E-state index contributed by atoms with van der Waals surface area (Å²) in [5.74, 6) is 1.04. The van der Waals surface area contributed by atoms with Gasteiger partial charge < -0.3 is 14.7 Å². The average Bonchev–Trinajstić information content (AvgIpc) is 3.29. The van der Waals surface area contributed by atoms with Crippen LogP contribution in [0.15, 0.2) is 41.1 Å². The van der Waals surface area contributed by atoms with Crippen molar-refractivity contribution in [1.29, 1.82) is 0 Å². The lowest BCUT2D eigenvalue weighted by Crippen LogP contribution is -2.42. The molecule has 0 radical (unpaired) electrons. The van der Waals surface area contributed by atoms with Crippen LogP contribution in [0.3, 0.4) is 0 Å². The number of nitrogens with zero attached hydrogens (tertiary/aromatic N) is 1. The number of carbonyl (C=O) groups is 1. The number of amides is 1. The lowest BCUT2D eigenvalue weighted by atomic mass is 9.66. The van der Waals surface area contributed by atoms with Gasteiger partial charge >= 0.3 is 0 Å². The van der Waals surface area contributed by atoms with Crippen molar-refractivity contribution >= 4 is 22.9 Å². The van der Waals surface area contributed by atoms with Gasteiger partial charge in [-0.2, -0.15) is 11.3 Å². The Balaban J connectivity index is 1.46. The summed E-state index contributed by atoms with van der Waals surface area (Å²) in [5, 5.41) is 15.1. The van der Waals surface area contributed by atoms with Gasteiger partial charge in [0.25, 0.3) is 0 Å². The third-order valence-corrected chi connectivity index (χ3v) is 6.81. The summed E-state index contributed by atoms with van der Waals surface area (Å²) in [5.41, 5.74) is 0.862. The molecular weight excluding hydrogens is 358 g/mol. The average molecular weight is 386 g/mol. The Morgan fingerprint density at radius 1 is 1.07 bits per heavy atom. The second-order valence-corrected chi connectivity index (χ2v) is 8.97. The number of aliphatic hydroxyl groups is 1. The smallest absolute Gasteiger partial charge is 0.233 e. The van der Waals surface area contributed by atoms with E-state index in [9.17, 15) is 9.90 Å². The first-order chi connectivity index (χ1) is 12.9. The molecule has 2 fully saturated rings. The zero-order valence-electron chi connectivity index (χ0n) is 16.0. The monoisotopic (exact) mass is 385 g/mol. The highest BCUT2D eigenvalue weighted by molar-refractivity contribution is 7.08. The largest absolute Gasteiger partial charge is 0.491 e. The van der Waals surface area contributed by atoms with E-state index in [2.05, 4.69) is 0 Å². The Labute approximate surface area is 164 Å². The first kappa shape index (κ1) is 18.5. The summed E-state index contributed by atoms with van der Waals surface area (Å²) in [7, 11) is 0. The highest BCUT2D eigenvalue weighted by Gasteiger charge is 2.51. The number of thiophene rings is 1. The summed E-state index contributed by atoms with van der Waals surface area (Å²) in [6.45, 7) is 4.75. The molecule has 1 amide bonds. The molecule has 1 spiro atoms. The molecule has 27 heavy (non-hydrogen) atoms. The molecular formula is C22H27NO3S. The molecule has 1 aliphatic carbocycles. The van der Waals surface area contributed by atoms with Crippen LogP contribution in [0, 0.1) is 5.41 Å². The number of ether oxygens (including phenoxy) is 1. The van der Waals surface area contributed by atoms with Crippen LogP contribution in [0.2, 0.25) is 0 Å². The molecule has 1 aliphatic heterocycles. The van der Waals surface area contributed by atoms with E-state index in [1.165, 1.54) is 0 Å². The quantitative estimate of drug-likeness (QED) is 0.828. The van der Waals surface area contributed by atoms with Crippen LogP contribution in [0.25, 0.3) is 0 Å². The van der Waals surface area contributed by atoms with Gasteiger partial charge in [-0.1, -0.05) is 0 Å². The molecule has 1 aromatic carbocycles. The second-order valence-electron chi connectivity index (χ2n) is 8.19. The van der Waals surface area contributed by atoms with Gasteiger partial charge in [0.1, 0.15) is 5.75 Å². The molecule has 2 aliphatic rings. The molecule has 2 aromatic rings. The Morgan fingerprint density at radius 2 is 1.78 bits per heavy atom. The van der Waals surface area contributed by atoms with Gasteiger partial charge in [0.05, 0.1) is 17.1 Å². The van der Waals surface area contributed by atoms with E-state index in [0.717, 1.165) is 42.8 Å². The number of anilines is 1. The number of carbonyl (C=O) groups excluding carboxylic acids is 1. The van der Waals surface area contributed by atoms with Crippen LogP contribution in [-0.4, -0.2) is 23.7 Å². The topological polar surface area (TPSA) is 49.8 Å². The fourth-order valence-corrected chi connectivity index (χ4v) is 5.22. The summed E-state index contributed by atoms with van der Waals surface area (Å²) in [4.78, 5) is 15.2. The number of benzene rings is 1. The van der Waals surface area contributed by atoms with Crippen molar-refractivity contribution in [2.45, 2.75) is 57.7 Å². The fourth-order valence-electron chi connectivity index (χ4n) is 4.47. The standard InChI is InChI=1S/C22H27NO3S/c1-16(2)26-19-5-3-18(4-6-19)23-13-12-21(20(23)24)8-10-22(25,11-9-21)17-7-14-27-15-17/h3-7,14-16,25H,8-13H2,1-2H3/t21-,22+. The molecule has 1 saturated carbocycles. The van der Waals surface area contributed by atoms with Gasteiger partial charge in [0.2, 0.25) is 5.91 Å². The number of hydrogen-bond donors (Lipinski definition) is 1. The fraction of sp³-hybridized carbons (Fsp3) is 0.500.